The lowest BCUT2D eigenvalue weighted by Crippen LogP contribution is -2.48. The van der Waals surface area contributed by atoms with Gasteiger partial charge in [0, 0.05) is 18.7 Å². The van der Waals surface area contributed by atoms with E-state index < -0.39 is 0 Å². The summed E-state index contributed by atoms with van der Waals surface area (Å²) in [5.74, 6) is -0.374. The van der Waals surface area contributed by atoms with Crippen molar-refractivity contribution in [3.63, 3.8) is 0 Å². The lowest BCUT2D eigenvalue weighted by Gasteiger charge is -2.27. The maximum Gasteiger partial charge on any atom is 0.147 e. The summed E-state index contributed by atoms with van der Waals surface area (Å²) in [5, 5.41) is 3.23. The summed E-state index contributed by atoms with van der Waals surface area (Å²) >= 11 is 5.63. The first-order valence-electron chi connectivity index (χ1n) is 4.52. The smallest absolute Gasteiger partial charge is 0.147 e. The third-order valence-corrected chi connectivity index (χ3v) is 2.54. The predicted octanol–water partition coefficient (Wildman–Crippen LogP) is 1.97. The number of halogens is 2. The van der Waals surface area contributed by atoms with Gasteiger partial charge in [-0.05, 0) is 6.07 Å². The Morgan fingerprint density at radius 2 is 2.29 bits per heavy atom. The molecule has 1 aromatic carbocycles. The van der Waals surface area contributed by atoms with E-state index in [1.54, 1.807) is 12.1 Å². The summed E-state index contributed by atoms with van der Waals surface area (Å²) in [6.45, 7) is 1.99. The molecule has 1 aliphatic rings. The molecule has 0 aliphatic carbocycles. The van der Waals surface area contributed by atoms with Crippen LogP contribution in [-0.4, -0.2) is 19.2 Å². The molecule has 2 rings (SSSR count). The van der Waals surface area contributed by atoms with E-state index in [2.05, 4.69) is 5.32 Å². The first-order valence-corrected chi connectivity index (χ1v) is 4.90. The van der Waals surface area contributed by atoms with E-state index in [-0.39, 0.29) is 16.9 Å². The van der Waals surface area contributed by atoms with Crippen molar-refractivity contribution in [2.24, 2.45) is 0 Å². The number of rotatable bonds is 3. The van der Waals surface area contributed by atoms with E-state index >= 15 is 0 Å². The zero-order valence-corrected chi connectivity index (χ0v) is 8.35. The number of benzene rings is 1. The van der Waals surface area contributed by atoms with Gasteiger partial charge in [-0.15, -0.1) is 0 Å². The standard InChI is InChI=1S/C10H11ClFNO/c11-9-3-1-2-7(10(9)12)6-14-8-4-13-5-8/h1-3,8,13H,4-6H2. The van der Waals surface area contributed by atoms with Crippen molar-refractivity contribution in [2.75, 3.05) is 13.1 Å². The van der Waals surface area contributed by atoms with Crippen molar-refractivity contribution in [3.8, 4) is 0 Å². The molecule has 1 fully saturated rings. The average Bonchev–Trinajstić information content (AvgIpc) is 2.09. The molecule has 0 bridgehead atoms. The van der Waals surface area contributed by atoms with E-state index in [1.807, 2.05) is 0 Å². The Morgan fingerprint density at radius 3 is 2.93 bits per heavy atom. The van der Waals surface area contributed by atoms with Crippen LogP contribution in [0.5, 0.6) is 0 Å². The van der Waals surface area contributed by atoms with E-state index in [0.717, 1.165) is 13.1 Å². The molecule has 1 heterocycles. The fraction of sp³-hybridized carbons (Fsp3) is 0.400. The summed E-state index contributed by atoms with van der Waals surface area (Å²) < 4.78 is 18.8. The van der Waals surface area contributed by atoms with E-state index in [0.29, 0.717) is 12.2 Å². The summed E-state index contributed by atoms with van der Waals surface area (Å²) in [6.07, 6.45) is 0.216. The Morgan fingerprint density at radius 1 is 1.50 bits per heavy atom. The minimum atomic E-state index is -0.374. The van der Waals surface area contributed by atoms with Crippen LogP contribution in [0, 0.1) is 5.82 Å². The van der Waals surface area contributed by atoms with Gasteiger partial charge in [-0.3, -0.25) is 0 Å². The zero-order valence-electron chi connectivity index (χ0n) is 7.59. The number of hydrogen-bond donors (Lipinski definition) is 1. The highest BCUT2D eigenvalue weighted by Crippen LogP contribution is 2.19. The number of ether oxygens (including phenoxy) is 1. The molecule has 0 amide bonds. The van der Waals surface area contributed by atoms with Crippen LogP contribution in [-0.2, 0) is 11.3 Å². The molecule has 2 nitrogen and oxygen atoms in total. The van der Waals surface area contributed by atoms with Gasteiger partial charge in [-0.1, -0.05) is 23.7 Å². The highest BCUT2D eigenvalue weighted by molar-refractivity contribution is 6.30. The molecule has 1 N–H and O–H groups in total. The molecule has 0 spiro atoms. The lowest BCUT2D eigenvalue weighted by atomic mass is 10.2. The normalized spacial score (nSPS) is 16.7. The molecule has 0 atom stereocenters. The Bertz CT molecular complexity index is 328. The Labute approximate surface area is 87.0 Å². The fourth-order valence-corrected chi connectivity index (χ4v) is 1.44. The molecule has 1 aromatic rings. The average molecular weight is 216 g/mol. The lowest BCUT2D eigenvalue weighted by molar-refractivity contribution is 0.00639. The minimum absolute atomic E-state index is 0.151. The quantitative estimate of drug-likeness (QED) is 0.833. The Kier molecular flexibility index (Phi) is 3.01. The van der Waals surface area contributed by atoms with Crippen LogP contribution in [0.3, 0.4) is 0 Å². The van der Waals surface area contributed by atoms with Gasteiger partial charge in [0.2, 0.25) is 0 Å². The van der Waals surface area contributed by atoms with Crippen molar-refractivity contribution in [1.82, 2.24) is 5.32 Å². The topological polar surface area (TPSA) is 21.3 Å². The van der Waals surface area contributed by atoms with Crippen LogP contribution < -0.4 is 5.32 Å². The van der Waals surface area contributed by atoms with Crippen molar-refractivity contribution in [1.29, 1.82) is 0 Å². The second-order valence-corrected chi connectivity index (χ2v) is 3.71. The van der Waals surface area contributed by atoms with Crippen LogP contribution in [0.1, 0.15) is 5.56 Å². The highest BCUT2D eigenvalue weighted by atomic mass is 35.5. The van der Waals surface area contributed by atoms with Crippen molar-refractivity contribution < 1.29 is 9.13 Å². The largest absolute Gasteiger partial charge is 0.371 e. The molecule has 4 heteroatoms. The molecule has 1 saturated heterocycles. The van der Waals surface area contributed by atoms with Gasteiger partial charge in [0.1, 0.15) is 5.82 Å². The second-order valence-electron chi connectivity index (χ2n) is 3.30. The van der Waals surface area contributed by atoms with E-state index in [9.17, 15) is 4.39 Å². The molecule has 76 valence electrons. The first-order chi connectivity index (χ1) is 6.77. The maximum absolute atomic E-state index is 13.3. The van der Waals surface area contributed by atoms with Gasteiger partial charge in [-0.2, -0.15) is 0 Å². The second kappa shape index (κ2) is 4.26. The fourth-order valence-electron chi connectivity index (χ4n) is 1.25. The summed E-state index contributed by atoms with van der Waals surface area (Å²) in [4.78, 5) is 0. The molecule has 0 aromatic heterocycles. The number of hydrogen-bond acceptors (Lipinski definition) is 2. The number of nitrogens with one attached hydrogen (secondary N) is 1. The van der Waals surface area contributed by atoms with Gasteiger partial charge in [-0.25, -0.2) is 4.39 Å². The van der Waals surface area contributed by atoms with Crippen LogP contribution in [0.2, 0.25) is 5.02 Å². The Hall–Kier alpha value is -0.640. The zero-order chi connectivity index (χ0) is 9.97. The van der Waals surface area contributed by atoms with Gasteiger partial charge >= 0.3 is 0 Å². The molecular weight excluding hydrogens is 205 g/mol. The Balaban J connectivity index is 1.97. The van der Waals surface area contributed by atoms with E-state index in [1.165, 1.54) is 6.07 Å². The van der Waals surface area contributed by atoms with Crippen molar-refractivity contribution in [2.45, 2.75) is 12.7 Å². The van der Waals surface area contributed by atoms with Gasteiger partial charge in [0.25, 0.3) is 0 Å². The van der Waals surface area contributed by atoms with E-state index in [4.69, 9.17) is 16.3 Å². The molecule has 0 unspecified atom stereocenters. The van der Waals surface area contributed by atoms with Gasteiger partial charge in [0.15, 0.2) is 0 Å². The minimum Gasteiger partial charge on any atom is -0.371 e. The van der Waals surface area contributed by atoms with Crippen molar-refractivity contribution >= 4 is 11.6 Å². The first kappa shape index (κ1) is 9.90. The van der Waals surface area contributed by atoms with Crippen LogP contribution in [0.25, 0.3) is 0 Å². The van der Waals surface area contributed by atoms with Gasteiger partial charge < -0.3 is 10.1 Å². The molecule has 1 aliphatic heterocycles. The monoisotopic (exact) mass is 215 g/mol. The third-order valence-electron chi connectivity index (χ3n) is 2.25. The highest BCUT2D eigenvalue weighted by Gasteiger charge is 2.17. The summed E-state index contributed by atoms with van der Waals surface area (Å²) in [7, 11) is 0. The molecule has 0 radical (unpaired) electrons. The van der Waals surface area contributed by atoms with Crippen LogP contribution in [0.15, 0.2) is 18.2 Å². The van der Waals surface area contributed by atoms with Crippen LogP contribution in [0.4, 0.5) is 4.39 Å². The SMILES string of the molecule is Fc1c(Cl)cccc1COC1CNC1. The summed E-state index contributed by atoms with van der Waals surface area (Å²) in [6, 6.07) is 4.95. The molecule has 14 heavy (non-hydrogen) atoms. The maximum atomic E-state index is 13.3. The van der Waals surface area contributed by atoms with Crippen molar-refractivity contribution in [3.05, 3.63) is 34.6 Å². The van der Waals surface area contributed by atoms with Gasteiger partial charge in [0.05, 0.1) is 17.7 Å². The van der Waals surface area contributed by atoms with Crippen LogP contribution >= 0.6 is 11.6 Å². The summed E-state index contributed by atoms with van der Waals surface area (Å²) in [5.41, 5.74) is 0.518. The predicted molar refractivity (Wildman–Crippen MR) is 52.9 cm³/mol. The molecule has 0 saturated carbocycles. The third kappa shape index (κ3) is 2.05. The molecular formula is C10H11ClFNO.